The molecule has 12 heavy (non-hydrogen) atoms. The molecule has 1 rings (SSSR count). The minimum absolute atomic E-state index is 0.0300. The maximum absolute atomic E-state index is 5.74. The third kappa shape index (κ3) is 2.84. The van der Waals surface area contributed by atoms with Crippen molar-refractivity contribution in [2.45, 2.75) is 19.4 Å². The van der Waals surface area contributed by atoms with Crippen molar-refractivity contribution in [2.75, 3.05) is 13.7 Å². The van der Waals surface area contributed by atoms with Crippen LogP contribution in [-0.4, -0.2) is 29.1 Å². The zero-order chi connectivity index (χ0) is 8.97. The van der Waals surface area contributed by atoms with E-state index in [-0.39, 0.29) is 6.04 Å². The fraction of sp³-hybridized carbons (Fsp3) is 0.714. The van der Waals surface area contributed by atoms with Crippen LogP contribution in [0.25, 0.3) is 0 Å². The summed E-state index contributed by atoms with van der Waals surface area (Å²) in [5.74, 6) is 0.819. The largest absolute Gasteiger partial charge is 0.383 e. The molecule has 0 fully saturated rings. The van der Waals surface area contributed by atoms with Crippen molar-refractivity contribution in [1.82, 2.24) is 9.36 Å². The number of hydrogen-bond acceptors (Lipinski definition) is 5. The zero-order valence-electron chi connectivity index (χ0n) is 7.28. The van der Waals surface area contributed by atoms with Gasteiger partial charge in [-0.25, -0.2) is 4.98 Å². The molecule has 2 N–H and O–H groups in total. The van der Waals surface area contributed by atoms with Gasteiger partial charge in [-0.1, -0.05) is 0 Å². The maximum Gasteiger partial charge on any atom is 0.139 e. The van der Waals surface area contributed by atoms with E-state index in [1.54, 1.807) is 7.11 Å². The lowest BCUT2D eigenvalue weighted by Crippen LogP contribution is -2.27. The summed E-state index contributed by atoms with van der Waals surface area (Å²) in [5, 5.41) is 0.983. The lowest BCUT2D eigenvalue weighted by Gasteiger charge is -2.06. The molecule has 5 heteroatoms. The van der Waals surface area contributed by atoms with E-state index in [0.717, 1.165) is 17.3 Å². The average Bonchev–Trinajstić information content (AvgIpc) is 2.36. The number of aromatic nitrogens is 2. The molecule has 0 aliphatic carbocycles. The number of rotatable bonds is 4. The lowest BCUT2D eigenvalue weighted by atomic mass is 10.2. The molecular weight excluding hydrogens is 174 g/mol. The van der Waals surface area contributed by atoms with Crippen molar-refractivity contribution in [1.29, 1.82) is 0 Å². The summed E-state index contributed by atoms with van der Waals surface area (Å²) in [6.07, 6.45) is 0.749. The van der Waals surface area contributed by atoms with E-state index in [2.05, 4.69) is 9.36 Å². The fourth-order valence-corrected chi connectivity index (χ4v) is 1.66. The summed E-state index contributed by atoms with van der Waals surface area (Å²) in [6, 6.07) is 0.0300. The van der Waals surface area contributed by atoms with Crippen LogP contribution in [0.3, 0.4) is 0 Å². The van der Waals surface area contributed by atoms with Gasteiger partial charge in [-0.2, -0.15) is 4.37 Å². The molecule has 1 unspecified atom stereocenters. The number of methoxy groups -OCH3 is 1. The molecule has 0 bridgehead atoms. The third-order valence-electron chi connectivity index (χ3n) is 1.39. The highest BCUT2D eigenvalue weighted by atomic mass is 32.1. The van der Waals surface area contributed by atoms with Crippen LogP contribution in [0.15, 0.2) is 0 Å². The highest BCUT2D eigenvalue weighted by Crippen LogP contribution is 2.05. The molecule has 0 spiro atoms. The van der Waals surface area contributed by atoms with E-state index in [1.807, 2.05) is 6.92 Å². The van der Waals surface area contributed by atoms with E-state index >= 15 is 0 Å². The van der Waals surface area contributed by atoms with Crippen LogP contribution in [-0.2, 0) is 11.2 Å². The number of aryl methyl sites for hydroxylation is 1. The first kappa shape index (κ1) is 9.57. The predicted molar refractivity (Wildman–Crippen MR) is 48.2 cm³/mol. The molecule has 1 aromatic rings. The topological polar surface area (TPSA) is 61.0 Å². The quantitative estimate of drug-likeness (QED) is 0.739. The Bertz CT molecular complexity index is 238. The number of hydrogen-bond donors (Lipinski definition) is 1. The maximum atomic E-state index is 5.74. The second-order valence-corrected chi connectivity index (χ2v) is 3.49. The van der Waals surface area contributed by atoms with E-state index in [4.69, 9.17) is 10.5 Å². The van der Waals surface area contributed by atoms with Crippen LogP contribution in [0, 0.1) is 6.92 Å². The van der Waals surface area contributed by atoms with Gasteiger partial charge in [0.05, 0.1) is 6.61 Å². The highest BCUT2D eigenvalue weighted by Gasteiger charge is 2.06. The summed E-state index contributed by atoms with van der Waals surface area (Å²) < 4.78 is 8.98. The van der Waals surface area contributed by atoms with Crippen LogP contribution in [0.2, 0.25) is 0 Å². The minimum Gasteiger partial charge on any atom is -0.383 e. The Morgan fingerprint density at radius 3 is 2.92 bits per heavy atom. The molecule has 0 amide bonds. The van der Waals surface area contributed by atoms with E-state index < -0.39 is 0 Å². The van der Waals surface area contributed by atoms with Gasteiger partial charge in [0, 0.05) is 19.6 Å². The summed E-state index contributed by atoms with van der Waals surface area (Å²) in [6.45, 7) is 2.44. The van der Waals surface area contributed by atoms with Crippen LogP contribution in [0.5, 0.6) is 0 Å². The molecule has 1 atom stereocenters. The molecule has 4 nitrogen and oxygen atoms in total. The monoisotopic (exact) mass is 187 g/mol. The Hall–Kier alpha value is -0.520. The van der Waals surface area contributed by atoms with Crippen LogP contribution in [0.4, 0.5) is 0 Å². The van der Waals surface area contributed by atoms with Gasteiger partial charge in [0.2, 0.25) is 0 Å². The molecule has 68 valence electrons. The average molecular weight is 187 g/mol. The normalized spacial score (nSPS) is 13.2. The zero-order valence-corrected chi connectivity index (χ0v) is 8.10. The number of ether oxygens (including phenoxy) is 1. The molecule has 0 aliphatic rings. The molecule has 0 aliphatic heterocycles. The first-order valence-electron chi connectivity index (χ1n) is 3.76. The van der Waals surface area contributed by atoms with Crippen LogP contribution < -0.4 is 5.73 Å². The van der Waals surface area contributed by atoms with E-state index in [1.165, 1.54) is 11.5 Å². The predicted octanol–water partition coefficient (Wildman–Crippen LogP) is 0.363. The summed E-state index contributed by atoms with van der Waals surface area (Å²) in [5.41, 5.74) is 5.74. The van der Waals surface area contributed by atoms with Gasteiger partial charge in [-0.15, -0.1) is 0 Å². The minimum atomic E-state index is 0.0300. The van der Waals surface area contributed by atoms with E-state index in [9.17, 15) is 0 Å². The SMILES string of the molecule is COCC(N)Cc1nc(C)ns1. The van der Waals surface area contributed by atoms with Crippen molar-refractivity contribution < 1.29 is 4.74 Å². The smallest absolute Gasteiger partial charge is 0.139 e. The number of nitrogens with two attached hydrogens (primary N) is 1. The molecule has 0 aromatic carbocycles. The first-order valence-corrected chi connectivity index (χ1v) is 4.53. The fourth-order valence-electron chi connectivity index (χ4n) is 0.920. The summed E-state index contributed by atoms with van der Waals surface area (Å²) in [4.78, 5) is 4.20. The van der Waals surface area contributed by atoms with Gasteiger partial charge in [-0.3, -0.25) is 0 Å². The Kier molecular flexibility index (Phi) is 3.58. The van der Waals surface area contributed by atoms with Gasteiger partial charge in [0.1, 0.15) is 10.8 Å². The summed E-state index contributed by atoms with van der Waals surface area (Å²) in [7, 11) is 1.64. The highest BCUT2D eigenvalue weighted by molar-refractivity contribution is 7.05. The van der Waals surface area contributed by atoms with Crippen LogP contribution in [0.1, 0.15) is 10.8 Å². The Morgan fingerprint density at radius 2 is 2.42 bits per heavy atom. The molecule has 1 aromatic heterocycles. The molecule has 0 radical (unpaired) electrons. The van der Waals surface area contributed by atoms with Gasteiger partial charge in [-0.05, 0) is 18.5 Å². The van der Waals surface area contributed by atoms with Crippen molar-refractivity contribution in [3.8, 4) is 0 Å². The van der Waals surface area contributed by atoms with Gasteiger partial charge in [0.25, 0.3) is 0 Å². The molecule has 0 saturated heterocycles. The van der Waals surface area contributed by atoms with Crippen LogP contribution >= 0.6 is 11.5 Å². The molecular formula is C7H13N3OS. The second-order valence-electron chi connectivity index (χ2n) is 2.65. The van der Waals surface area contributed by atoms with Gasteiger partial charge >= 0.3 is 0 Å². The molecule has 1 heterocycles. The van der Waals surface area contributed by atoms with E-state index in [0.29, 0.717) is 6.61 Å². The Labute approximate surface area is 75.9 Å². The lowest BCUT2D eigenvalue weighted by molar-refractivity contribution is 0.180. The van der Waals surface area contributed by atoms with Crippen molar-refractivity contribution in [2.24, 2.45) is 5.73 Å². The van der Waals surface area contributed by atoms with Crippen molar-refractivity contribution in [3.63, 3.8) is 0 Å². The summed E-state index contributed by atoms with van der Waals surface area (Å²) >= 11 is 1.41. The standard InChI is InChI=1S/C7H13N3OS/c1-5-9-7(12-10-5)3-6(8)4-11-2/h6H,3-4,8H2,1-2H3. The van der Waals surface area contributed by atoms with Crippen molar-refractivity contribution in [3.05, 3.63) is 10.8 Å². The van der Waals surface area contributed by atoms with Gasteiger partial charge < -0.3 is 10.5 Å². The number of nitrogens with zero attached hydrogens (tertiary/aromatic N) is 2. The Morgan fingerprint density at radius 1 is 1.67 bits per heavy atom. The van der Waals surface area contributed by atoms with Crippen molar-refractivity contribution >= 4 is 11.5 Å². The second kappa shape index (κ2) is 4.49. The molecule has 0 saturated carbocycles. The Balaban J connectivity index is 2.41. The van der Waals surface area contributed by atoms with Gasteiger partial charge in [0.15, 0.2) is 0 Å². The first-order chi connectivity index (χ1) is 5.72. The third-order valence-corrected chi connectivity index (χ3v) is 2.21.